The summed E-state index contributed by atoms with van der Waals surface area (Å²) in [7, 11) is 6.09. The Hall–Kier alpha value is -3.32. The van der Waals surface area contributed by atoms with Crippen LogP contribution >= 0.6 is 0 Å². The normalized spacial score (nSPS) is 10.8. The molecule has 2 aromatic carbocycles. The highest BCUT2D eigenvalue weighted by Gasteiger charge is 2.14. The minimum Gasteiger partial charge on any atom is -0.444 e. The number of carbonyl (C=O) groups excluding carboxylic acids is 1. The second-order valence-electron chi connectivity index (χ2n) is 7.13. The summed E-state index contributed by atoms with van der Waals surface area (Å²) in [6, 6.07) is 15.5. The van der Waals surface area contributed by atoms with Gasteiger partial charge in [-0.3, -0.25) is 10.4 Å². The molecular formula is C22H27N5O2. The van der Waals surface area contributed by atoms with Gasteiger partial charge in [-0.05, 0) is 37.4 Å². The van der Waals surface area contributed by atoms with Crippen LogP contribution in [0.4, 0.5) is 16.2 Å². The summed E-state index contributed by atoms with van der Waals surface area (Å²) in [4.78, 5) is 16.6. The van der Waals surface area contributed by atoms with Crippen LogP contribution in [-0.2, 0) is 11.3 Å². The molecule has 7 nitrogen and oxygen atoms in total. The van der Waals surface area contributed by atoms with E-state index < -0.39 is 6.09 Å². The minimum absolute atomic E-state index is 0.228. The van der Waals surface area contributed by atoms with Gasteiger partial charge in [0.1, 0.15) is 6.61 Å². The number of likely N-dealkylation sites (N-methyl/N-ethyl adjacent to an activating group) is 2. The van der Waals surface area contributed by atoms with Gasteiger partial charge in [-0.2, -0.15) is 5.10 Å². The third-order valence-corrected chi connectivity index (χ3v) is 4.57. The van der Waals surface area contributed by atoms with Crippen molar-refractivity contribution >= 4 is 17.5 Å². The fourth-order valence-electron chi connectivity index (χ4n) is 2.88. The fourth-order valence-corrected chi connectivity index (χ4v) is 2.88. The number of anilines is 2. The second kappa shape index (κ2) is 9.75. The molecule has 0 unspecified atom stereocenters. The molecule has 29 heavy (non-hydrogen) atoms. The lowest BCUT2D eigenvalue weighted by molar-refractivity contribution is 0.155. The van der Waals surface area contributed by atoms with Crippen molar-refractivity contribution in [3.63, 3.8) is 0 Å². The van der Waals surface area contributed by atoms with E-state index in [-0.39, 0.29) is 6.61 Å². The van der Waals surface area contributed by atoms with E-state index in [1.807, 2.05) is 75.9 Å². The number of carbonyl (C=O) groups is 1. The van der Waals surface area contributed by atoms with E-state index in [1.165, 1.54) is 0 Å². The number of benzene rings is 2. The van der Waals surface area contributed by atoms with Gasteiger partial charge in [-0.1, -0.05) is 36.4 Å². The number of hydrogen-bond acceptors (Lipinski definition) is 5. The Balaban J connectivity index is 1.75. The maximum atomic E-state index is 12.4. The topological polar surface area (TPSA) is 73.5 Å². The third kappa shape index (κ3) is 5.83. The number of amides is 1. The third-order valence-electron chi connectivity index (χ3n) is 4.57. The number of aromatic amines is 1. The average Bonchev–Trinajstić information content (AvgIpc) is 3.26. The summed E-state index contributed by atoms with van der Waals surface area (Å²) in [6.07, 6.45) is 3.15. The minimum atomic E-state index is -0.479. The SMILES string of the molecule is CN(C)CCN(C)c1cc(-c2cn[nH]c2)ccc1NC(=O)OCc1ccccc1. The lowest BCUT2D eigenvalue weighted by Crippen LogP contribution is -2.29. The highest BCUT2D eigenvalue weighted by molar-refractivity contribution is 5.91. The molecule has 1 heterocycles. The number of H-pyrrole nitrogens is 1. The molecule has 1 aromatic heterocycles. The summed E-state index contributed by atoms with van der Waals surface area (Å²) < 4.78 is 5.38. The van der Waals surface area contributed by atoms with Gasteiger partial charge in [0.2, 0.25) is 0 Å². The van der Waals surface area contributed by atoms with Crippen LogP contribution in [0.15, 0.2) is 60.9 Å². The Bertz CT molecular complexity index is 910. The molecule has 0 saturated carbocycles. The maximum Gasteiger partial charge on any atom is 0.412 e. The Morgan fingerprint density at radius 3 is 2.55 bits per heavy atom. The first-order chi connectivity index (χ1) is 14.0. The zero-order valence-corrected chi connectivity index (χ0v) is 17.1. The number of nitrogens with one attached hydrogen (secondary N) is 2. The smallest absolute Gasteiger partial charge is 0.412 e. The predicted octanol–water partition coefficient (Wildman–Crippen LogP) is 3.82. The van der Waals surface area contributed by atoms with E-state index in [0.717, 1.165) is 35.5 Å². The highest BCUT2D eigenvalue weighted by atomic mass is 16.5. The van der Waals surface area contributed by atoms with Gasteiger partial charge < -0.3 is 14.5 Å². The monoisotopic (exact) mass is 393 g/mol. The molecule has 152 valence electrons. The zero-order valence-electron chi connectivity index (χ0n) is 17.1. The number of hydrogen-bond donors (Lipinski definition) is 2. The molecule has 3 rings (SSSR count). The van der Waals surface area contributed by atoms with Gasteiger partial charge in [0, 0.05) is 31.9 Å². The lowest BCUT2D eigenvalue weighted by Gasteiger charge is -2.25. The fraction of sp³-hybridized carbons (Fsp3) is 0.273. The van der Waals surface area contributed by atoms with Crippen molar-refractivity contribution in [2.24, 2.45) is 0 Å². The van der Waals surface area contributed by atoms with Crippen molar-refractivity contribution in [3.05, 3.63) is 66.5 Å². The molecule has 0 aliphatic carbocycles. The van der Waals surface area contributed by atoms with E-state index in [2.05, 4.69) is 25.3 Å². The van der Waals surface area contributed by atoms with E-state index in [9.17, 15) is 4.79 Å². The van der Waals surface area contributed by atoms with E-state index in [0.29, 0.717) is 5.69 Å². The summed E-state index contributed by atoms with van der Waals surface area (Å²) >= 11 is 0. The first-order valence-corrected chi connectivity index (χ1v) is 9.49. The van der Waals surface area contributed by atoms with Crippen LogP contribution in [-0.4, -0.2) is 55.4 Å². The van der Waals surface area contributed by atoms with Crippen molar-refractivity contribution in [2.45, 2.75) is 6.61 Å². The van der Waals surface area contributed by atoms with Crippen molar-refractivity contribution in [3.8, 4) is 11.1 Å². The number of nitrogens with zero attached hydrogens (tertiary/aromatic N) is 3. The zero-order chi connectivity index (χ0) is 20.6. The Kier molecular flexibility index (Phi) is 6.86. The van der Waals surface area contributed by atoms with Gasteiger partial charge >= 0.3 is 6.09 Å². The van der Waals surface area contributed by atoms with E-state index in [4.69, 9.17) is 4.74 Å². The summed E-state index contributed by atoms with van der Waals surface area (Å²) in [5.41, 5.74) is 4.58. The molecule has 1 amide bonds. The average molecular weight is 393 g/mol. The predicted molar refractivity (Wildman–Crippen MR) is 116 cm³/mol. The molecule has 0 spiro atoms. The highest BCUT2D eigenvalue weighted by Crippen LogP contribution is 2.31. The lowest BCUT2D eigenvalue weighted by atomic mass is 10.1. The van der Waals surface area contributed by atoms with E-state index >= 15 is 0 Å². The van der Waals surface area contributed by atoms with Gasteiger partial charge in [0.25, 0.3) is 0 Å². The Labute approximate surface area is 171 Å². The molecule has 0 atom stereocenters. The number of ether oxygens (including phenoxy) is 1. The van der Waals surface area contributed by atoms with Crippen LogP contribution in [0.25, 0.3) is 11.1 Å². The molecular weight excluding hydrogens is 366 g/mol. The number of aromatic nitrogens is 2. The van der Waals surface area contributed by atoms with Gasteiger partial charge in [0.15, 0.2) is 0 Å². The first-order valence-electron chi connectivity index (χ1n) is 9.49. The van der Waals surface area contributed by atoms with Gasteiger partial charge in [0.05, 0.1) is 17.6 Å². The van der Waals surface area contributed by atoms with Gasteiger partial charge in [-0.15, -0.1) is 0 Å². The first kappa shape index (κ1) is 20.4. The van der Waals surface area contributed by atoms with Crippen LogP contribution in [0.1, 0.15) is 5.56 Å². The largest absolute Gasteiger partial charge is 0.444 e. The molecule has 0 saturated heterocycles. The Morgan fingerprint density at radius 2 is 1.86 bits per heavy atom. The molecule has 2 N–H and O–H groups in total. The van der Waals surface area contributed by atoms with Gasteiger partial charge in [-0.25, -0.2) is 4.79 Å². The summed E-state index contributed by atoms with van der Waals surface area (Å²) in [5, 5.41) is 9.74. The molecule has 0 bridgehead atoms. The molecule has 0 aliphatic rings. The van der Waals surface area contributed by atoms with Crippen molar-refractivity contribution < 1.29 is 9.53 Å². The van der Waals surface area contributed by atoms with Crippen LogP contribution in [0.2, 0.25) is 0 Å². The molecule has 3 aromatic rings. The molecule has 0 fully saturated rings. The Morgan fingerprint density at radius 1 is 1.07 bits per heavy atom. The second-order valence-corrected chi connectivity index (χ2v) is 7.13. The van der Waals surface area contributed by atoms with Crippen LogP contribution in [0.5, 0.6) is 0 Å². The standard InChI is InChI=1S/C22H27N5O2/c1-26(2)11-12-27(3)21-13-18(19-14-23-24-15-19)9-10-20(21)25-22(28)29-16-17-7-5-4-6-8-17/h4-10,13-15H,11-12,16H2,1-3H3,(H,23,24)(H,25,28). The van der Waals surface area contributed by atoms with Crippen LogP contribution in [0, 0.1) is 0 Å². The molecule has 7 heteroatoms. The number of rotatable bonds is 8. The van der Waals surface area contributed by atoms with Crippen LogP contribution in [0.3, 0.4) is 0 Å². The quantitative estimate of drug-likeness (QED) is 0.609. The summed E-state index contributed by atoms with van der Waals surface area (Å²) in [5.74, 6) is 0. The maximum absolute atomic E-state index is 12.4. The van der Waals surface area contributed by atoms with E-state index in [1.54, 1.807) is 6.20 Å². The summed E-state index contributed by atoms with van der Waals surface area (Å²) in [6.45, 7) is 1.94. The van der Waals surface area contributed by atoms with Crippen LogP contribution < -0.4 is 10.2 Å². The van der Waals surface area contributed by atoms with Crippen molar-refractivity contribution in [1.82, 2.24) is 15.1 Å². The molecule has 0 radical (unpaired) electrons. The molecule has 0 aliphatic heterocycles. The van der Waals surface area contributed by atoms with Crippen molar-refractivity contribution in [2.75, 3.05) is 44.4 Å². The van der Waals surface area contributed by atoms with Crippen molar-refractivity contribution in [1.29, 1.82) is 0 Å².